The molecule has 1 aliphatic heterocycles. The molecule has 2 amide bonds. The lowest BCUT2D eigenvalue weighted by atomic mass is 9.57. The van der Waals surface area contributed by atoms with Gasteiger partial charge in [-0.05, 0) is 52.2 Å². The molecule has 0 bridgehead atoms. The van der Waals surface area contributed by atoms with Crippen molar-refractivity contribution in [2.24, 2.45) is 17.6 Å². The van der Waals surface area contributed by atoms with Crippen molar-refractivity contribution in [2.45, 2.75) is 43.4 Å². The molecule has 0 aromatic heterocycles. The van der Waals surface area contributed by atoms with Gasteiger partial charge in [-0.25, -0.2) is 4.39 Å². The van der Waals surface area contributed by atoms with E-state index in [1.807, 2.05) is 4.90 Å². The number of primary amides is 1. The maximum absolute atomic E-state index is 15.5. The summed E-state index contributed by atoms with van der Waals surface area (Å²) in [4.78, 5) is 55.3. The molecule has 1 saturated carbocycles. The first-order valence-electron chi connectivity index (χ1n) is 14.0. The molecule has 43 heavy (non-hydrogen) atoms. The van der Waals surface area contributed by atoms with E-state index in [0.717, 1.165) is 18.9 Å². The number of likely N-dealkylation sites (tertiary alicyclic amines) is 1. The van der Waals surface area contributed by atoms with Gasteiger partial charge in [0.15, 0.2) is 17.1 Å². The largest absolute Gasteiger partial charge is 0.508 e. The number of nitrogens with one attached hydrogen (secondary N) is 1. The number of aliphatic hydroxyl groups is 3. The number of benzene rings is 1. The van der Waals surface area contributed by atoms with Crippen LogP contribution in [0.3, 0.4) is 0 Å². The van der Waals surface area contributed by atoms with Crippen molar-refractivity contribution < 1.29 is 48.7 Å². The SMILES string of the molecule is COC[C@H]1CCCN1CC(=O)Nc1cc(F)c2c(c1O)C(O)=C1C(=O)[C@]3(O)C(O)=C(C(N)=O)C(=O)[C@@H](N(C)C)[C@@H]3C[C@@H]1C2. The first-order valence-corrected chi connectivity index (χ1v) is 14.0. The predicted octanol–water partition coefficient (Wildman–Crippen LogP) is 0.152. The number of nitrogens with two attached hydrogens (primary N) is 1. The summed E-state index contributed by atoms with van der Waals surface area (Å²) in [5, 5.41) is 47.5. The zero-order chi connectivity index (χ0) is 31.5. The number of ketones is 2. The molecule has 0 unspecified atom stereocenters. The normalized spacial score (nSPS) is 29.1. The lowest BCUT2D eigenvalue weighted by Gasteiger charge is -2.50. The van der Waals surface area contributed by atoms with Gasteiger partial charge in [-0.2, -0.15) is 0 Å². The summed E-state index contributed by atoms with van der Waals surface area (Å²) in [6.45, 7) is 1.05. The molecule has 14 heteroatoms. The number of phenolic OH excluding ortho intramolecular Hbond substituents is 1. The highest BCUT2D eigenvalue weighted by Crippen LogP contribution is 2.53. The van der Waals surface area contributed by atoms with Gasteiger partial charge in [0.1, 0.15) is 22.9 Å². The van der Waals surface area contributed by atoms with E-state index in [1.165, 1.54) is 19.0 Å². The van der Waals surface area contributed by atoms with Gasteiger partial charge in [0.05, 0.1) is 30.4 Å². The molecule has 3 aliphatic carbocycles. The van der Waals surface area contributed by atoms with Crippen LogP contribution in [0.15, 0.2) is 23.0 Å². The molecule has 4 aliphatic rings. The molecule has 1 heterocycles. The minimum absolute atomic E-state index is 0.0324. The van der Waals surface area contributed by atoms with Gasteiger partial charge in [-0.1, -0.05) is 0 Å². The molecule has 5 atom stereocenters. The highest BCUT2D eigenvalue weighted by molar-refractivity contribution is 6.24. The smallest absolute Gasteiger partial charge is 0.255 e. The summed E-state index contributed by atoms with van der Waals surface area (Å²) < 4.78 is 20.7. The van der Waals surface area contributed by atoms with Gasteiger partial charge < -0.3 is 36.2 Å². The number of phenols is 1. The number of rotatable bonds is 7. The number of likely N-dealkylation sites (N-methyl/N-ethyl adjacent to an activating group) is 1. The molecule has 0 radical (unpaired) electrons. The molecule has 13 nitrogen and oxygen atoms in total. The number of carbonyl (C=O) groups is 4. The summed E-state index contributed by atoms with van der Waals surface area (Å²) in [7, 11) is 4.54. The summed E-state index contributed by atoms with van der Waals surface area (Å²) >= 11 is 0. The molecule has 232 valence electrons. The van der Waals surface area contributed by atoms with Crippen LogP contribution < -0.4 is 11.1 Å². The van der Waals surface area contributed by atoms with E-state index in [2.05, 4.69) is 5.32 Å². The third-order valence-electron chi connectivity index (χ3n) is 9.15. The molecule has 7 N–H and O–H groups in total. The third-order valence-corrected chi connectivity index (χ3v) is 9.15. The van der Waals surface area contributed by atoms with Gasteiger partial charge in [-0.15, -0.1) is 0 Å². The van der Waals surface area contributed by atoms with E-state index in [9.17, 15) is 39.6 Å². The van der Waals surface area contributed by atoms with E-state index in [4.69, 9.17) is 10.5 Å². The fraction of sp³-hybridized carbons (Fsp3) is 0.517. The van der Waals surface area contributed by atoms with Gasteiger partial charge in [0.2, 0.25) is 11.7 Å². The van der Waals surface area contributed by atoms with Gasteiger partial charge in [-0.3, -0.25) is 29.0 Å². The Hall–Kier alpha value is -3.85. The second-order valence-electron chi connectivity index (χ2n) is 11.8. The first-order chi connectivity index (χ1) is 20.2. The number of nitrogens with zero attached hydrogens (tertiary/aromatic N) is 2. The zero-order valence-corrected chi connectivity index (χ0v) is 24.0. The van der Waals surface area contributed by atoms with Crippen LogP contribution in [-0.4, -0.2) is 112 Å². The van der Waals surface area contributed by atoms with Crippen molar-refractivity contribution >= 4 is 34.8 Å². The van der Waals surface area contributed by atoms with E-state index in [-0.39, 0.29) is 36.7 Å². The van der Waals surface area contributed by atoms with Crippen molar-refractivity contribution in [3.63, 3.8) is 0 Å². The fourth-order valence-electron chi connectivity index (χ4n) is 7.22. The number of halogens is 1. The number of methoxy groups -OCH3 is 1. The van der Waals surface area contributed by atoms with Gasteiger partial charge in [0, 0.05) is 36.3 Å². The van der Waals surface area contributed by atoms with E-state index < -0.39 is 86.7 Å². The number of amides is 2. The molecule has 2 fully saturated rings. The fourth-order valence-corrected chi connectivity index (χ4v) is 7.22. The highest BCUT2D eigenvalue weighted by Gasteiger charge is 2.64. The number of fused-ring (bicyclic) bond motifs is 3. The Kier molecular flexibility index (Phi) is 7.84. The Morgan fingerprint density at radius 2 is 1.95 bits per heavy atom. The minimum atomic E-state index is -2.81. The second kappa shape index (κ2) is 11.0. The Morgan fingerprint density at radius 3 is 2.58 bits per heavy atom. The summed E-state index contributed by atoms with van der Waals surface area (Å²) in [6.07, 6.45) is 1.36. The molecular weight excluding hydrogens is 567 g/mol. The Bertz CT molecular complexity index is 1490. The molecule has 1 aromatic carbocycles. The van der Waals surface area contributed by atoms with Crippen LogP contribution in [0, 0.1) is 17.7 Å². The van der Waals surface area contributed by atoms with Crippen molar-refractivity contribution in [1.29, 1.82) is 0 Å². The predicted molar refractivity (Wildman–Crippen MR) is 149 cm³/mol. The summed E-state index contributed by atoms with van der Waals surface area (Å²) in [5.74, 6) is -9.75. The van der Waals surface area contributed by atoms with Crippen LogP contribution in [-0.2, 0) is 30.3 Å². The van der Waals surface area contributed by atoms with Gasteiger partial charge >= 0.3 is 0 Å². The number of carbonyl (C=O) groups excluding carboxylic acids is 4. The monoisotopic (exact) mass is 602 g/mol. The average molecular weight is 603 g/mol. The number of aliphatic hydroxyl groups excluding tert-OH is 2. The Balaban J connectivity index is 1.54. The average Bonchev–Trinajstić information content (AvgIpc) is 3.35. The number of hydrogen-bond acceptors (Lipinski definition) is 11. The number of ether oxygens (including phenoxy) is 1. The Labute approximate surface area is 246 Å². The lowest BCUT2D eigenvalue weighted by Crippen LogP contribution is -2.65. The van der Waals surface area contributed by atoms with E-state index in [0.29, 0.717) is 13.2 Å². The van der Waals surface area contributed by atoms with Crippen LogP contribution in [0.25, 0.3) is 5.76 Å². The van der Waals surface area contributed by atoms with Crippen LogP contribution in [0.4, 0.5) is 10.1 Å². The number of aromatic hydroxyl groups is 1. The molecule has 1 saturated heterocycles. The van der Waals surface area contributed by atoms with E-state index in [1.54, 1.807) is 7.11 Å². The lowest BCUT2D eigenvalue weighted by molar-refractivity contribution is -0.153. The number of hydrogen-bond donors (Lipinski definition) is 6. The molecular formula is C29H35FN4O9. The first kappa shape index (κ1) is 30.6. The summed E-state index contributed by atoms with van der Waals surface area (Å²) in [6, 6.07) is -0.278. The summed E-state index contributed by atoms with van der Waals surface area (Å²) in [5.41, 5.74) is 0.290. The zero-order valence-electron chi connectivity index (χ0n) is 24.0. The number of anilines is 1. The number of Topliss-reactive ketones (excluding diaryl/α,β-unsaturated/α-hetero) is 2. The topological polar surface area (TPSA) is 203 Å². The van der Waals surface area contributed by atoms with Crippen LogP contribution in [0.1, 0.15) is 30.4 Å². The van der Waals surface area contributed by atoms with Crippen molar-refractivity contribution in [1.82, 2.24) is 9.80 Å². The van der Waals surface area contributed by atoms with Crippen molar-refractivity contribution in [2.75, 3.05) is 46.2 Å². The third kappa shape index (κ3) is 4.69. The van der Waals surface area contributed by atoms with Gasteiger partial charge in [0.25, 0.3) is 5.91 Å². The van der Waals surface area contributed by atoms with E-state index >= 15 is 4.39 Å². The molecule has 5 rings (SSSR count). The quantitative estimate of drug-likeness (QED) is 0.183. The van der Waals surface area contributed by atoms with Crippen molar-refractivity contribution in [3.05, 3.63) is 39.9 Å². The molecule has 0 spiro atoms. The van der Waals surface area contributed by atoms with Crippen LogP contribution in [0.5, 0.6) is 5.75 Å². The van der Waals surface area contributed by atoms with Crippen molar-refractivity contribution in [3.8, 4) is 5.75 Å². The minimum Gasteiger partial charge on any atom is -0.508 e. The maximum Gasteiger partial charge on any atom is 0.255 e. The molecule has 1 aromatic rings. The Morgan fingerprint density at radius 1 is 1.26 bits per heavy atom. The standard InChI is InChI=1S/C29H35FN4O9/c1-33(2)22-15-8-12-7-14-16(30)9-17(32-18(35)10-34-6-4-5-13(34)11-43-3)23(36)20(14)24(37)19(12)26(39)29(15,42)27(40)21(25(22)38)28(31)41/h9,12-13,15,22,36-37,40,42H,4-8,10-11H2,1-3H3,(H2,31,41)(H,32,35)/t12-,13+,15-,22-,29-/m0/s1. The van der Waals surface area contributed by atoms with Crippen LogP contribution in [0.2, 0.25) is 0 Å². The highest BCUT2D eigenvalue weighted by atomic mass is 19.1. The second-order valence-corrected chi connectivity index (χ2v) is 11.8. The maximum atomic E-state index is 15.5. The van der Waals surface area contributed by atoms with Crippen LogP contribution >= 0.6 is 0 Å².